The highest BCUT2D eigenvalue weighted by Gasteiger charge is 2.31. The molecule has 1 aromatic heterocycles. The minimum Gasteiger partial charge on any atom is -0.466 e. The largest absolute Gasteiger partial charge is 0.466 e. The number of allylic oxidation sites excluding steroid dienone is 1. The van der Waals surface area contributed by atoms with Crippen LogP contribution in [0.1, 0.15) is 17.8 Å². The summed E-state index contributed by atoms with van der Waals surface area (Å²) in [5.41, 5.74) is 1.65. The Morgan fingerprint density at radius 3 is 2.75 bits per heavy atom. The number of rotatable bonds is 3. The molecular formula is C17H15FN2O2S2. The number of hydrogen-bond acceptors (Lipinski definition) is 4. The van der Waals surface area contributed by atoms with Crippen LogP contribution in [0.4, 0.5) is 4.39 Å². The summed E-state index contributed by atoms with van der Waals surface area (Å²) in [6.07, 6.45) is 0. The van der Waals surface area contributed by atoms with Crippen molar-refractivity contribution < 1.29 is 13.9 Å². The van der Waals surface area contributed by atoms with Crippen LogP contribution in [0.2, 0.25) is 0 Å². The number of esters is 1. The molecule has 0 saturated carbocycles. The Morgan fingerprint density at radius 2 is 2.04 bits per heavy atom. The van der Waals surface area contributed by atoms with E-state index in [9.17, 15) is 9.18 Å². The van der Waals surface area contributed by atoms with Gasteiger partial charge >= 0.3 is 5.97 Å². The lowest BCUT2D eigenvalue weighted by Gasteiger charge is -2.28. The number of methoxy groups -OCH3 is 1. The molecule has 7 heteroatoms. The monoisotopic (exact) mass is 362 g/mol. The summed E-state index contributed by atoms with van der Waals surface area (Å²) in [5.74, 6) is -0.708. The fourth-order valence-corrected chi connectivity index (χ4v) is 3.97. The van der Waals surface area contributed by atoms with Gasteiger partial charge < -0.3 is 15.4 Å². The third-order valence-electron chi connectivity index (χ3n) is 3.73. The standard InChI is InChI=1S/C17H15FN2O2S2/c1-9-14(16(21)22-2)15(20-17(23)19-9)13-8-7-12(24-13)10-5-3-4-6-11(10)18/h3-8,15H,1-2H3,(H2,19,20,23)/t15-/m0/s1. The van der Waals surface area contributed by atoms with Crippen LogP contribution in [0, 0.1) is 5.82 Å². The van der Waals surface area contributed by atoms with E-state index in [4.69, 9.17) is 17.0 Å². The van der Waals surface area contributed by atoms with Crippen molar-refractivity contribution in [3.05, 3.63) is 58.4 Å². The molecule has 2 N–H and O–H groups in total. The summed E-state index contributed by atoms with van der Waals surface area (Å²) in [7, 11) is 1.34. The molecule has 0 unspecified atom stereocenters. The zero-order valence-electron chi connectivity index (χ0n) is 13.1. The van der Waals surface area contributed by atoms with Crippen LogP contribution in [0.15, 0.2) is 47.7 Å². The first-order valence-corrected chi connectivity index (χ1v) is 8.45. The lowest BCUT2D eigenvalue weighted by Crippen LogP contribution is -2.44. The van der Waals surface area contributed by atoms with Gasteiger partial charge in [0.2, 0.25) is 0 Å². The van der Waals surface area contributed by atoms with E-state index in [0.29, 0.717) is 21.9 Å². The van der Waals surface area contributed by atoms with Gasteiger partial charge in [-0.3, -0.25) is 0 Å². The molecule has 1 aliphatic heterocycles. The summed E-state index contributed by atoms with van der Waals surface area (Å²) >= 11 is 6.60. The van der Waals surface area contributed by atoms with Gasteiger partial charge in [-0.1, -0.05) is 18.2 Å². The molecule has 3 rings (SSSR count). The molecule has 1 atom stereocenters. The summed E-state index contributed by atoms with van der Waals surface area (Å²) < 4.78 is 18.9. The summed E-state index contributed by atoms with van der Waals surface area (Å²) in [6, 6.07) is 9.89. The number of hydrogen-bond donors (Lipinski definition) is 2. The molecular weight excluding hydrogens is 347 g/mol. The number of carbonyl (C=O) groups excluding carboxylic acids is 1. The number of nitrogens with one attached hydrogen (secondary N) is 2. The van der Waals surface area contributed by atoms with Crippen LogP contribution >= 0.6 is 23.6 Å². The van der Waals surface area contributed by atoms with E-state index in [1.165, 1.54) is 24.5 Å². The molecule has 124 valence electrons. The van der Waals surface area contributed by atoms with Gasteiger partial charge in [0, 0.05) is 21.0 Å². The minimum atomic E-state index is -0.430. The molecule has 0 bridgehead atoms. The van der Waals surface area contributed by atoms with Crippen LogP contribution in [0.3, 0.4) is 0 Å². The Morgan fingerprint density at radius 1 is 1.29 bits per heavy atom. The van der Waals surface area contributed by atoms with E-state index >= 15 is 0 Å². The molecule has 2 aromatic rings. The van der Waals surface area contributed by atoms with Gasteiger partial charge in [-0.15, -0.1) is 11.3 Å². The topological polar surface area (TPSA) is 50.4 Å². The molecule has 0 saturated heterocycles. The fraction of sp³-hybridized carbons (Fsp3) is 0.176. The van der Waals surface area contributed by atoms with Crippen molar-refractivity contribution in [1.29, 1.82) is 0 Å². The van der Waals surface area contributed by atoms with Crippen molar-refractivity contribution in [3.8, 4) is 10.4 Å². The van der Waals surface area contributed by atoms with Crippen molar-refractivity contribution in [2.75, 3.05) is 7.11 Å². The third kappa shape index (κ3) is 3.05. The molecule has 0 spiro atoms. The van der Waals surface area contributed by atoms with Crippen molar-refractivity contribution in [2.45, 2.75) is 13.0 Å². The van der Waals surface area contributed by atoms with E-state index in [1.807, 2.05) is 12.1 Å². The second-order valence-corrected chi connectivity index (χ2v) is 6.77. The van der Waals surface area contributed by atoms with Crippen molar-refractivity contribution >= 4 is 34.6 Å². The Hall–Kier alpha value is -2.25. The van der Waals surface area contributed by atoms with Gasteiger partial charge in [0.15, 0.2) is 5.11 Å². The number of ether oxygens (including phenoxy) is 1. The van der Waals surface area contributed by atoms with Crippen molar-refractivity contribution in [2.24, 2.45) is 0 Å². The molecule has 1 aliphatic rings. The van der Waals surface area contributed by atoms with Gasteiger partial charge in [0.1, 0.15) is 5.82 Å². The van der Waals surface area contributed by atoms with Crippen LogP contribution < -0.4 is 10.6 Å². The molecule has 2 heterocycles. The Labute approximate surface area is 148 Å². The summed E-state index contributed by atoms with van der Waals surface area (Å²) in [6.45, 7) is 1.78. The predicted molar refractivity (Wildman–Crippen MR) is 96.0 cm³/mol. The van der Waals surface area contributed by atoms with Gasteiger partial charge in [0.05, 0.1) is 18.7 Å². The molecule has 1 aromatic carbocycles. The lowest BCUT2D eigenvalue weighted by molar-refractivity contribution is -0.136. The van der Waals surface area contributed by atoms with E-state index < -0.39 is 12.0 Å². The molecule has 0 amide bonds. The van der Waals surface area contributed by atoms with Crippen LogP contribution in [-0.4, -0.2) is 18.2 Å². The number of benzene rings is 1. The van der Waals surface area contributed by atoms with Crippen LogP contribution in [0.25, 0.3) is 10.4 Å². The summed E-state index contributed by atoms with van der Waals surface area (Å²) in [4.78, 5) is 13.8. The highest BCUT2D eigenvalue weighted by atomic mass is 32.1. The van der Waals surface area contributed by atoms with Crippen LogP contribution in [0.5, 0.6) is 0 Å². The lowest BCUT2D eigenvalue weighted by atomic mass is 10.0. The zero-order chi connectivity index (χ0) is 17.3. The van der Waals surface area contributed by atoms with Crippen molar-refractivity contribution in [1.82, 2.24) is 10.6 Å². The highest BCUT2D eigenvalue weighted by molar-refractivity contribution is 7.80. The zero-order valence-corrected chi connectivity index (χ0v) is 14.7. The van der Waals surface area contributed by atoms with Gasteiger partial charge in [-0.05, 0) is 37.3 Å². The predicted octanol–water partition coefficient (Wildman–Crippen LogP) is 3.52. The number of carbonyl (C=O) groups is 1. The number of halogens is 1. The smallest absolute Gasteiger partial charge is 0.337 e. The van der Waals surface area contributed by atoms with Gasteiger partial charge in [-0.2, -0.15) is 0 Å². The van der Waals surface area contributed by atoms with E-state index in [0.717, 1.165) is 9.75 Å². The average molecular weight is 362 g/mol. The maximum absolute atomic E-state index is 14.0. The summed E-state index contributed by atoms with van der Waals surface area (Å²) in [5, 5.41) is 6.46. The fourth-order valence-electron chi connectivity index (χ4n) is 2.60. The van der Waals surface area contributed by atoms with Gasteiger partial charge in [0.25, 0.3) is 0 Å². The number of thiocarbonyl (C=S) groups is 1. The number of thiophene rings is 1. The van der Waals surface area contributed by atoms with E-state index in [1.54, 1.807) is 25.1 Å². The maximum Gasteiger partial charge on any atom is 0.337 e. The first-order chi connectivity index (χ1) is 11.5. The minimum absolute atomic E-state index is 0.278. The SMILES string of the molecule is COC(=O)C1=C(C)NC(=S)N[C@H]1c1ccc(-c2ccccc2F)s1. The Kier molecular flexibility index (Phi) is 4.64. The highest BCUT2D eigenvalue weighted by Crippen LogP contribution is 2.37. The third-order valence-corrected chi connectivity index (χ3v) is 5.13. The molecule has 4 nitrogen and oxygen atoms in total. The van der Waals surface area contributed by atoms with Crippen molar-refractivity contribution in [3.63, 3.8) is 0 Å². The molecule has 0 fully saturated rings. The Bertz CT molecular complexity index is 845. The molecule has 24 heavy (non-hydrogen) atoms. The van der Waals surface area contributed by atoms with E-state index in [2.05, 4.69) is 10.6 Å². The second-order valence-electron chi connectivity index (χ2n) is 5.24. The van der Waals surface area contributed by atoms with E-state index in [-0.39, 0.29) is 5.82 Å². The average Bonchev–Trinajstić information content (AvgIpc) is 3.03. The Balaban J connectivity index is 2.02. The van der Waals surface area contributed by atoms with Crippen LogP contribution in [-0.2, 0) is 9.53 Å². The molecule has 0 aliphatic carbocycles. The second kappa shape index (κ2) is 6.70. The first-order valence-electron chi connectivity index (χ1n) is 7.22. The maximum atomic E-state index is 14.0. The first kappa shape index (κ1) is 16.6. The van der Waals surface area contributed by atoms with Gasteiger partial charge in [-0.25, -0.2) is 9.18 Å². The quantitative estimate of drug-likeness (QED) is 0.646. The molecule has 0 radical (unpaired) electrons. The normalized spacial score (nSPS) is 17.3.